The van der Waals surface area contributed by atoms with Crippen molar-refractivity contribution in [1.29, 1.82) is 0 Å². The SMILES string of the molecule is COC(C)C.[B]C1CCC(COC(C)C)C1.[CH2-]C.[CH3-].[CH3-].[V].[W+2]. The summed E-state index contributed by atoms with van der Waals surface area (Å²) in [4.78, 5) is 0. The van der Waals surface area contributed by atoms with Gasteiger partial charge >= 0.3 is 21.1 Å². The first-order chi connectivity index (χ1) is 8.45. The van der Waals surface area contributed by atoms with Crippen LogP contribution in [-0.2, 0) is 49.1 Å². The van der Waals surface area contributed by atoms with Crippen molar-refractivity contribution >= 4 is 7.85 Å². The van der Waals surface area contributed by atoms with Gasteiger partial charge in [-0.05, 0) is 40.0 Å². The standard InChI is InChI=1S/C9H17BO.C4H10O.C2H5.2CH3.V.W/c1-7(2)11-6-8-3-4-9(10)5-8;1-4(2)5-3;1-2;;;;/h7-9H,3-6H2,1-2H3;4H,1-3H3;1H2,2H3;2*1H3;;/q;;3*-1;;+2. The minimum absolute atomic E-state index is 0. The van der Waals surface area contributed by atoms with E-state index in [1.807, 2.05) is 13.8 Å². The van der Waals surface area contributed by atoms with Crippen molar-refractivity contribution in [2.45, 2.75) is 71.9 Å². The molecule has 1 aliphatic rings. The molecule has 0 spiro atoms. The van der Waals surface area contributed by atoms with E-state index in [9.17, 15) is 0 Å². The topological polar surface area (TPSA) is 18.5 Å². The summed E-state index contributed by atoms with van der Waals surface area (Å²) in [6.45, 7) is 14.1. The van der Waals surface area contributed by atoms with Crippen molar-refractivity contribution in [3.8, 4) is 0 Å². The van der Waals surface area contributed by atoms with E-state index in [4.69, 9.17) is 17.3 Å². The van der Waals surface area contributed by atoms with Crippen LogP contribution in [0.15, 0.2) is 0 Å². The van der Waals surface area contributed by atoms with Crippen LogP contribution in [0.1, 0.15) is 53.9 Å². The maximum atomic E-state index is 5.78. The van der Waals surface area contributed by atoms with Crippen LogP contribution in [-0.4, -0.2) is 33.8 Å². The summed E-state index contributed by atoms with van der Waals surface area (Å²) in [7, 11) is 7.48. The summed E-state index contributed by atoms with van der Waals surface area (Å²) in [5, 5.41) is 0. The Morgan fingerprint density at radius 1 is 1.05 bits per heavy atom. The van der Waals surface area contributed by atoms with E-state index in [2.05, 4.69) is 20.8 Å². The largest absolute Gasteiger partial charge is 2.00 e. The molecule has 2 unspecified atom stereocenters. The molecule has 0 aromatic rings. The minimum Gasteiger partial charge on any atom is -0.382 e. The van der Waals surface area contributed by atoms with Crippen molar-refractivity contribution in [2.75, 3.05) is 13.7 Å². The maximum absolute atomic E-state index is 5.78. The van der Waals surface area contributed by atoms with Gasteiger partial charge in [-0.15, -0.1) is 0 Å². The fourth-order valence-electron chi connectivity index (χ4n) is 1.59. The van der Waals surface area contributed by atoms with Crippen LogP contribution >= 0.6 is 0 Å². The van der Waals surface area contributed by atoms with Gasteiger partial charge in [0.05, 0.1) is 20.1 Å². The molecular weight excluding hydrogens is 482 g/mol. The Balaban J connectivity index is -0.0000000514. The predicted molar refractivity (Wildman–Crippen MR) is 93.9 cm³/mol. The molecule has 0 heterocycles. The summed E-state index contributed by atoms with van der Waals surface area (Å²) in [5.74, 6) is 1.17. The Hall–Kier alpha value is 1.26. The summed E-state index contributed by atoms with van der Waals surface area (Å²) >= 11 is 0. The van der Waals surface area contributed by atoms with Gasteiger partial charge in [-0.3, -0.25) is 0 Å². The van der Waals surface area contributed by atoms with E-state index in [0.717, 1.165) is 18.9 Å². The molecule has 0 aromatic carbocycles. The van der Waals surface area contributed by atoms with Crippen LogP contribution in [0.3, 0.4) is 0 Å². The predicted octanol–water partition coefficient (Wildman–Crippen LogP) is 4.95. The molecule has 1 aliphatic carbocycles. The summed E-state index contributed by atoms with van der Waals surface area (Å²) < 4.78 is 10.3. The minimum atomic E-state index is 0. The van der Waals surface area contributed by atoms with E-state index in [1.54, 1.807) is 14.0 Å². The molecule has 0 saturated heterocycles. The zero-order valence-corrected chi connectivity index (χ0v) is 20.4. The number of hydrogen-bond acceptors (Lipinski definition) is 2. The van der Waals surface area contributed by atoms with Gasteiger partial charge in [0, 0.05) is 32.3 Å². The summed E-state index contributed by atoms with van der Waals surface area (Å²) in [5.41, 5.74) is 0. The fourth-order valence-corrected chi connectivity index (χ4v) is 1.59. The van der Waals surface area contributed by atoms with E-state index in [0.29, 0.717) is 18.0 Å². The quantitative estimate of drug-likeness (QED) is 0.387. The first kappa shape index (κ1) is 38.7. The molecule has 22 heavy (non-hydrogen) atoms. The first-order valence-corrected chi connectivity index (χ1v) is 7.06. The average molecular weight is 520 g/mol. The molecule has 3 radical (unpaired) electrons. The second-order valence-electron chi connectivity index (χ2n) is 5.11. The zero-order chi connectivity index (χ0) is 14.6. The molecule has 5 heteroatoms. The second kappa shape index (κ2) is 27.1. The molecule has 1 rings (SSSR count). The molecule has 1 fully saturated rings. The van der Waals surface area contributed by atoms with Crippen LogP contribution in [0.25, 0.3) is 0 Å². The molecule has 2 nitrogen and oxygen atoms in total. The van der Waals surface area contributed by atoms with Crippen molar-refractivity contribution in [3.63, 3.8) is 0 Å². The summed E-state index contributed by atoms with van der Waals surface area (Å²) in [6.07, 6.45) is 4.36. The van der Waals surface area contributed by atoms with Gasteiger partial charge in [0.15, 0.2) is 0 Å². The third-order valence-corrected chi connectivity index (χ3v) is 2.72. The Bertz CT molecular complexity index is 173. The van der Waals surface area contributed by atoms with Crippen molar-refractivity contribution in [1.82, 2.24) is 0 Å². The molecule has 1 saturated carbocycles. The van der Waals surface area contributed by atoms with Gasteiger partial charge < -0.3 is 31.3 Å². The molecular formula is C17H38BO2VW-. The van der Waals surface area contributed by atoms with Crippen molar-refractivity contribution in [2.24, 2.45) is 5.92 Å². The van der Waals surface area contributed by atoms with E-state index < -0.39 is 0 Å². The van der Waals surface area contributed by atoms with Gasteiger partial charge in [-0.1, -0.05) is 18.7 Å². The molecule has 2 atom stereocenters. The third kappa shape index (κ3) is 29.3. The second-order valence-corrected chi connectivity index (χ2v) is 5.11. The monoisotopic (exact) mass is 520 g/mol. The number of rotatable bonds is 4. The van der Waals surface area contributed by atoms with Gasteiger partial charge in [-0.2, -0.15) is 6.92 Å². The van der Waals surface area contributed by atoms with Crippen LogP contribution in [0.4, 0.5) is 0 Å². The number of hydrogen-bond donors (Lipinski definition) is 0. The number of methoxy groups -OCH3 is 1. The summed E-state index contributed by atoms with van der Waals surface area (Å²) in [6, 6.07) is 0. The third-order valence-electron chi connectivity index (χ3n) is 2.72. The molecule has 133 valence electrons. The molecule has 0 aliphatic heterocycles. The molecule has 0 bridgehead atoms. The molecule has 0 aromatic heterocycles. The fraction of sp³-hybridized carbons (Fsp3) is 0.824. The van der Waals surface area contributed by atoms with Crippen LogP contribution in [0.2, 0.25) is 5.82 Å². The van der Waals surface area contributed by atoms with E-state index in [1.165, 1.54) is 12.8 Å². The van der Waals surface area contributed by atoms with Crippen LogP contribution in [0, 0.1) is 27.7 Å². The van der Waals surface area contributed by atoms with Crippen molar-refractivity contribution < 1.29 is 49.1 Å². The maximum Gasteiger partial charge on any atom is 2.00 e. The Kier molecular flexibility index (Phi) is 47.7. The van der Waals surface area contributed by atoms with Gasteiger partial charge in [0.2, 0.25) is 0 Å². The normalized spacial score (nSPS) is 18.2. The van der Waals surface area contributed by atoms with Crippen LogP contribution in [0.5, 0.6) is 0 Å². The van der Waals surface area contributed by atoms with Gasteiger partial charge in [0.1, 0.15) is 0 Å². The van der Waals surface area contributed by atoms with E-state index in [-0.39, 0.29) is 54.5 Å². The smallest absolute Gasteiger partial charge is 0.382 e. The van der Waals surface area contributed by atoms with Gasteiger partial charge in [0.25, 0.3) is 0 Å². The number of ether oxygens (including phenoxy) is 2. The average Bonchev–Trinajstić information content (AvgIpc) is 2.76. The van der Waals surface area contributed by atoms with Gasteiger partial charge in [-0.25, -0.2) is 0 Å². The zero-order valence-electron chi connectivity index (χ0n) is 16.1. The molecule has 0 amide bonds. The Morgan fingerprint density at radius 2 is 1.45 bits per heavy atom. The first-order valence-electron chi connectivity index (χ1n) is 7.06. The Morgan fingerprint density at radius 3 is 1.68 bits per heavy atom. The van der Waals surface area contributed by atoms with E-state index >= 15 is 0 Å². The van der Waals surface area contributed by atoms with Crippen LogP contribution < -0.4 is 0 Å². The molecule has 0 N–H and O–H groups in total. The van der Waals surface area contributed by atoms with Crippen molar-refractivity contribution in [3.05, 3.63) is 21.8 Å². The Labute approximate surface area is 169 Å².